The highest BCUT2D eigenvalue weighted by molar-refractivity contribution is 5.94. The zero-order chi connectivity index (χ0) is 13.5. The van der Waals surface area contributed by atoms with Crippen LogP contribution in [0.3, 0.4) is 0 Å². The minimum atomic E-state index is 0.0714. The number of benzene rings is 1. The molecule has 0 saturated heterocycles. The molecule has 0 radical (unpaired) electrons. The molecule has 0 bridgehead atoms. The molecule has 2 rings (SSSR count). The largest absolute Gasteiger partial charge is 0.352 e. The molecule has 1 aromatic rings. The maximum atomic E-state index is 12.0. The van der Waals surface area contributed by atoms with Gasteiger partial charge < -0.3 is 5.32 Å². The maximum Gasteiger partial charge on any atom is 0.251 e. The second-order valence-corrected chi connectivity index (χ2v) is 5.79. The molecular weight excluding hydrogens is 234 g/mol. The fraction of sp³-hybridized carbons (Fsp3) is 0.588. The number of hydrogen-bond acceptors (Lipinski definition) is 1. The summed E-state index contributed by atoms with van der Waals surface area (Å²) in [6.45, 7) is 2.88. The van der Waals surface area contributed by atoms with E-state index in [0.29, 0.717) is 5.92 Å². The topological polar surface area (TPSA) is 29.1 Å². The van der Waals surface area contributed by atoms with E-state index < -0.39 is 0 Å². The van der Waals surface area contributed by atoms with Crippen molar-refractivity contribution in [3.05, 3.63) is 35.4 Å². The lowest BCUT2D eigenvalue weighted by molar-refractivity contribution is 0.0944. The smallest absolute Gasteiger partial charge is 0.251 e. The third kappa shape index (κ3) is 4.70. The summed E-state index contributed by atoms with van der Waals surface area (Å²) in [4.78, 5) is 12.0. The monoisotopic (exact) mass is 259 g/mol. The lowest BCUT2D eigenvalue weighted by Crippen LogP contribution is -2.29. The van der Waals surface area contributed by atoms with Crippen molar-refractivity contribution in [1.82, 2.24) is 5.32 Å². The van der Waals surface area contributed by atoms with E-state index in [2.05, 4.69) is 5.32 Å². The van der Waals surface area contributed by atoms with E-state index >= 15 is 0 Å². The van der Waals surface area contributed by atoms with E-state index in [1.807, 2.05) is 31.2 Å². The van der Waals surface area contributed by atoms with Gasteiger partial charge >= 0.3 is 0 Å². The Labute approximate surface area is 116 Å². The molecule has 1 amide bonds. The summed E-state index contributed by atoms with van der Waals surface area (Å²) in [5, 5.41) is 3.10. The van der Waals surface area contributed by atoms with Gasteiger partial charge in [-0.3, -0.25) is 4.79 Å². The maximum absolute atomic E-state index is 12.0. The summed E-state index contributed by atoms with van der Waals surface area (Å²) in [5.74, 6) is 0.747. The quantitative estimate of drug-likeness (QED) is 0.870. The molecule has 0 spiro atoms. The van der Waals surface area contributed by atoms with Crippen LogP contribution >= 0.6 is 0 Å². The number of amides is 1. The summed E-state index contributed by atoms with van der Waals surface area (Å²) >= 11 is 0. The Morgan fingerprint density at radius 2 is 1.63 bits per heavy atom. The Kier molecular flexibility index (Phi) is 5.44. The van der Waals surface area contributed by atoms with Gasteiger partial charge in [-0.15, -0.1) is 0 Å². The van der Waals surface area contributed by atoms with E-state index in [1.165, 1.54) is 50.5 Å². The summed E-state index contributed by atoms with van der Waals surface area (Å²) < 4.78 is 0. The molecule has 0 aromatic heterocycles. The van der Waals surface area contributed by atoms with Crippen LogP contribution in [0, 0.1) is 12.8 Å². The number of carbonyl (C=O) groups is 1. The zero-order valence-electron chi connectivity index (χ0n) is 12.0. The second-order valence-electron chi connectivity index (χ2n) is 5.79. The van der Waals surface area contributed by atoms with Crippen molar-refractivity contribution >= 4 is 5.91 Å². The van der Waals surface area contributed by atoms with Gasteiger partial charge in [0.15, 0.2) is 0 Å². The van der Waals surface area contributed by atoms with Gasteiger partial charge in [-0.25, -0.2) is 0 Å². The van der Waals surface area contributed by atoms with Gasteiger partial charge in [0.1, 0.15) is 0 Å². The molecule has 2 heteroatoms. The Bertz CT molecular complexity index is 388. The van der Waals surface area contributed by atoms with Crippen molar-refractivity contribution in [3.8, 4) is 0 Å². The fourth-order valence-electron chi connectivity index (χ4n) is 2.79. The Hall–Kier alpha value is -1.31. The van der Waals surface area contributed by atoms with Gasteiger partial charge in [-0.1, -0.05) is 49.8 Å². The predicted octanol–water partition coefficient (Wildman–Crippen LogP) is 4.09. The summed E-state index contributed by atoms with van der Waals surface area (Å²) in [6, 6.07) is 7.79. The first-order chi connectivity index (χ1) is 9.25. The van der Waals surface area contributed by atoms with Crippen LogP contribution in [0.1, 0.15) is 60.9 Å². The minimum absolute atomic E-state index is 0.0714. The first-order valence-corrected chi connectivity index (χ1v) is 7.60. The van der Waals surface area contributed by atoms with E-state index in [0.717, 1.165) is 12.1 Å². The van der Waals surface area contributed by atoms with Crippen molar-refractivity contribution in [3.63, 3.8) is 0 Å². The van der Waals surface area contributed by atoms with Gasteiger partial charge in [0.2, 0.25) is 0 Å². The molecule has 1 aliphatic carbocycles. The molecule has 0 heterocycles. The number of carbonyl (C=O) groups excluding carboxylic acids is 1. The summed E-state index contributed by atoms with van der Waals surface area (Å²) in [6.07, 6.45) is 9.31. The lowest BCUT2D eigenvalue weighted by Gasteiger charge is -2.20. The van der Waals surface area contributed by atoms with Crippen LogP contribution in [0.25, 0.3) is 0 Å². The third-order valence-electron chi connectivity index (χ3n) is 4.09. The molecule has 0 unspecified atom stereocenters. The van der Waals surface area contributed by atoms with Crippen molar-refractivity contribution in [2.75, 3.05) is 6.54 Å². The normalized spacial score (nSPS) is 17.5. The summed E-state index contributed by atoms with van der Waals surface area (Å²) in [5.41, 5.74) is 1.97. The predicted molar refractivity (Wildman–Crippen MR) is 79.3 cm³/mol. The van der Waals surface area contributed by atoms with Crippen molar-refractivity contribution in [2.45, 2.75) is 51.9 Å². The molecule has 1 aliphatic rings. The van der Waals surface area contributed by atoms with Gasteiger partial charge in [0.05, 0.1) is 0 Å². The van der Waals surface area contributed by atoms with Crippen LogP contribution in [0.2, 0.25) is 0 Å². The Morgan fingerprint density at radius 3 is 2.26 bits per heavy atom. The van der Waals surface area contributed by atoms with Crippen LogP contribution in [-0.2, 0) is 0 Å². The molecule has 1 N–H and O–H groups in total. The van der Waals surface area contributed by atoms with Crippen LogP contribution in [0.15, 0.2) is 24.3 Å². The first kappa shape index (κ1) is 14.1. The number of hydrogen-bond donors (Lipinski definition) is 1. The van der Waals surface area contributed by atoms with Crippen LogP contribution in [0.4, 0.5) is 0 Å². The average molecular weight is 259 g/mol. The van der Waals surface area contributed by atoms with Gasteiger partial charge in [0.25, 0.3) is 5.91 Å². The molecule has 104 valence electrons. The number of rotatable bonds is 3. The van der Waals surface area contributed by atoms with E-state index in [9.17, 15) is 4.79 Å². The van der Waals surface area contributed by atoms with E-state index in [4.69, 9.17) is 0 Å². The second kappa shape index (κ2) is 7.32. The van der Waals surface area contributed by atoms with E-state index in [1.54, 1.807) is 0 Å². The number of aryl methyl sites for hydroxylation is 1. The van der Waals surface area contributed by atoms with Crippen LogP contribution in [-0.4, -0.2) is 12.5 Å². The molecule has 1 aromatic carbocycles. The highest BCUT2D eigenvalue weighted by Crippen LogP contribution is 2.21. The molecule has 0 atom stereocenters. The van der Waals surface area contributed by atoms with E-state index in [-0.39, 0.29) is 5.91 Å². The van der Waals surface area contributed by atoms with Crippen molar-refractivity contribution in [1.29, 1.82) is 0 Å². The zero-order valence-corrected chi connectivity index (χ0v) is 12.0. The highest BCUT2D eigenvalue weighted by Gasteiger charge is 2.13. The first-order valence-electron chi connectivity index (χ1n) is 7.60. The molecule has 2 nitrogen and oxygen atoms in total. The third-order valence-corrected chi connectivity index (χ3v) is 4.09. The molecule has 0 aliphatic heterocycles. The Balaban J connectivity index is 1.80. The average Bonchev–Trinajstić information content (AvgIpc) is 2.38. The highest BCUT2D eigenvalue weighted by atomic mass is 16.1. The molecule has 1 saturated carbocycles. The molecule has 19 heavy (non-hydrogen) atoms. The standard InChI is InChI=1S/C17H25NO/c1-14-9-11-16(12-10-14)17(19)18-13-15-7-5-3-2-4-6-8-15/h9-12,15H,2-8,13H2,1H3,(H,18,19). The number of nitrogens with one attached hydrogen (secondary N) is 1. The molecule has 1 fully saturated rings. The van der Waals surface area contributed by atoms with Crippen LogP contribution in [0.5, 0.6) is 0 Å². The lowest BCUT2D eigenvalue weighted by atomic mass is 9.91. The van der Waals surface area contributed by atoms with Crippen molar-refractivity contribution < 1.29 is 4.79 Å². The minimum Gasteiger partial charge on any atom is -0.352 e. The van der Waals surface area contributed by atoms with Crippen LogP contribution < -0.4 is 5.32 Å². The van der Waals surface area contributed by atoms with Gasteiger partial charge in [-0.2, -0.15) is 0 Å². The SMILES string of the molecule is Cc1ccc(C(=O)NCC2CCCCCCC2)cc1. The molecular formula is C17H25NO. The van der Waals surface area contributed by atoms with Crippen molar-refractivity contribution in [2.24, 2.45) is 5.92 Å². The Morgan fingerprint density at radius 1 is 1.05 bits per heavy atom. The van der Waals surface area contributed by atoms with Gasteiger partial charge in [0, 0.05) is 12.1 Å². The fourth-order valence-corrected chi connectivity index (χ4v) is 2.79. The summed E-state index contributed by atoms with van der Waals surface area (Å²) in [7, 11) is 0. The van der Waals surface area contributed by atoms with Gasteiger partial charge in [-0.05, 0) is 37.8 Å².